The molecule has 2 heterocycles. The largest absolute Gasteiger partial charge is 0.351 e. The molecule has 4 rings (SSSR count). The van der Waals surface area contributed by atoms with Gasteiger partial charge in [0.05, 0.1) is 11.0 Å². The zero-order chi connectivity index (χ0) is 20.4. The monoisotopic (exact) mass is 391 g/mol. The Balaban J connectivity index is 1.56. The number of aromatic nitrogens is 1. The first-order chi connectivity index (χ1) is 14.0. The van der Waals surface area contributed by atoms with E-state index in [4.69, 9.17) is 0 Å². The number of hydrogen-bond acceptors (Lipinski definition) is 3. The van der Waals surface area contributed by atoms with Gasteiger partial charge in [-0.3, -0.25) is 9.59 Å². The molecule has 1 aliphatic heterocycles. The molecule has 5 nitrogen and oxygen atoms in total. The van der Waals surface area contributed by atoms with Crippen molar-refractivity contribution in [1.29, 1.82) is 0 Å². The Labute approximate surface area is 171 Å². The lowest BCUT2D eigenvalue weighted by Gasteiger charge is -2.32. The molecule has 1 fully saturated rings. The number of likely N-dealkylation sites (tertiary alicyclic amines) is 1. The Morgan fingerprint density at radius 3 is 2.34 bits per heavy atom. The molecule has 0 aliphatic carbocycles. The lowest BCUT2D eigenvalue weighted by molar-refractivity contribution is -0.122. The predicted octanol–water partition coefficient (Wildman–Crippen LogP) is 3.39. The minimum atomic E-state index is -0.0264. The quantitative estimate of drug-likeness (QED) is 0.679. The molecule has 1 aliphatic rings. The van der Waals surface area contributed by atoms with E-state index in [-0.39, 0.29) is 23.9 Å². The van der Waals surface area contributed by atoms with Gasteiger partial charge in [0.25, 0.3) is 0 Å². The Bertz CT molecular complexity index is 1030. The maximum atomic E-state index is 12.9. The van der Waals surface area contributed by atoms with Crippen LogP contribution in [-0.2, 0) is 11.3 Å². The van der Waals surface area contributed by atoms with Crippen LogP contribution in [0.5, 0.6) is 0 Å². The summed E-state index contributed by atoms with van der Waals surface area (Å²) in [6, 6.07) is 15.1. The number of amides is 1. The third-order valence-corrected chi connectivity index (χ3v) is 5.86. The van der Waals surface area contributed by atoms with Crippen LogP contribution in [0.25, 0.3) is 21.8 Å². The fourth-order valence-electron chi connectivity index (χ4n) is 4.60. The second-order valence-corrected chi connectivity index (χ2v) is 8.43. The molecule has 1 N–H and O–H groups in total. The molecule has 0 spiro atoms. The van der Waals surface area contributed by atoms with E-state index in [0.717, 1.165) is 36.6 Å². The molecule has 1 saturated heterocycles. The summed E-state index contributed by atoms with van der Waals surface area (Å²) in [5, 5.41) is 4.45. The highest BCUT2D eigenvalue weighted by atomic mass is 16.2. The number of fused-ring (bicyclic) bond motifs is 2. The van der Waals surface area contributed by atoms with E-state index in [2.05, 4.69) is 24.1 Å². The van der Waals surface area contributed by atoms with Crippen LogP contribution in [0, 0.1) is 5.92 Å². The van der Waals surface area contributed by atoms with Crippen LogP contribution in [0.2, 0.25) is 0 Å². The van der Waals surface area contributed by atoms with Crippen molar-refractivity contribution in [2.24, 2.45) is 5.92 Å². The van der Waals surface area contributed by atoms with Crippen molar-refractivity contribution < 1.29 is 4.79 Å². The molecule has 5 heteroatoms. The van der Waals surface area contributed by atoms with Gasteiger partial charge in [0.1, 0.15) is 6.54 Å². The van der Waals surface area contributed by atoms with Crippen LogP contribution in [0.4, 0.5) is 0 Å². The van der Waals surface area contributed by atoms with Crippen LogP contribution < -0.4 is 10.7 Å². The first kappa shape index (κ1) is 19.6. The number of benzene rings is 2. The average Bonchev–Trinajstić information content (AvgIpc) is 2.71. The summed E-state index contributed by atoms with van der Waals surface area (Å²) in [6.45, 7) is 7.65. The normalized spacial score (nSPS) is 18.8. The summed E-state index contributed by atoms with van der Waals surface area (Å²) in [5.74, 6) is 0.701. The standard InChI is InChI=1S/C24H29N3O2/c1-17-8-7-13-26(14-17)15-18(2)25-23(28)16-27-21-11-5-3-9-19(21)24(29)20-10-4-6-12-22(20)27/h3-6,9-12,17-18H,7-8,13-16H2,1-2H3,(H,25,28). The molecule has 1 aromatic heterocycles. The number of piperidine rings is 1. The molecule has 0 saturated carbocycles. The van der Waals surface area contributed by atoms with Crippen molar-refractivity contribution >= 4 is 27.7 Å². The highest BCUT2D eigenvalue weighted by Crippen LogP contribution is 2.19. The minimum absolute atomic E-state index is 0.0143. The minimum Gasteiger partial charge on any atom is -0.351 e. The van der Waals surface area contributed by atoms with Crippen LogP contribution >= 0.6 is 0 Å². The first-order valence-corrected chi connectivity index (χ1v) is 10.5. The molecule has 0 radical (unpaired) electrons. The summed E-state index contributed by atoms with van der Waals surface area (Å²) in [4.78, 5) is 28.2. The van der Waals surface area contributed by atoms with Crippen molar-refractivity contribution in [3.05, 3.63) is 58.8 Å². The Morgan fingerprint density at radius 2 is 1.72 bits per heavy atom. The van der Waals surface area contributed by atoms with Crippen molar-refractivity contribution in [3.63, 3.8) is 0 Å². The molecule has 1 amide bonds. The Morgan fingerprint density at radius 1 is 1.10 bits per heavy atom. The van der Waals surface area contributed by atoms with Gasteiger partial charge < -0.3 is 14.8 Å². The molecule has 2 atom stereocenters. The van der Waals surface area contributed by atoms with E-state index in [1.807, 2.05) is 53.1 Å². The average molecular weight is 392 g/mol. The lowest BCUT2D eigenvalue weighted by atomic mass is 10.00. The molecule has 152 valence electrons. The molecule has 2 aromatic carbocycles. The third kappa shape index (κ3) is 4.20. The van der Waals surface area contributed by atoms with E-state index in [1.165, 1.54) is 12.8 Å². The van der Waals surface area contributed by atoms with Crippen LogP contribution in [-0.4, -0.2) is 41.1 Å². The van der Waals surface area contributed by atoms with Crippen molar-refractivity contribution in [2.75, 3.05) is 19.6 Å². The zero-order valence-electron chi connectivity index (χ0n) is 17.2. The summed E-state index contributed by atoms with van der Waals surface area (Å²) >= 11 is 0. The second-order valence-electron chi connectivity index (χ2n) is 8.43. The van der Waals surface area contributed by atoms with Gasteiger partial charge in [-0.05, 0) is 56.5 Å². The molecule has 2 unspecified atom stereocenters. The molecular weight excluding hydrogens is 362 g/mol. The SMILES string of the molecule is CC1CCCN(CC(C)NC(=O)Cn2c3ccccc3c(=O)c3ccccc32)C1. The number of hydrogen-bond donors (Lipinski definition) is 1. The number of carbonyl (C=O) groups is 1. The van der Waals surface area contributed by atoms with E-state index in [0.29, 0.717) is 10.8 Å². The Hall–Kier alpha value is -2.66. The van der Waals surface area contributed by atoms with Gasteiger partial charge in [-0.25, -0.2) is 0 Å². The molecule has 3 aromatic rings. The topological polar surface area (TPSA) is 54.3 Å². The number of pyridine rings is 1. The summed E-state index contributed by atoms with van der Waals surface area (Å²) < 4.78 is 1.96. The van der Waals surface area contributed by atoms with E-state index in [9.17, 15) is 9.59 Å². The smallest absolute Gasteiger partial charge is 0.240 e. The van der Waals surface area contributed by atoms with Crippen LogP contribution in [0.1, 0.15) is 26.7 Å². The number of nitrogens with one attached hydrogen (secondary N) is 1. The maximum Gasteiger partial charge on any atom is 0.240 e. The highest BCUT2D eigenvalue weighted by molar-refractivity contribution is 5.94. The predicted molar refractivity (Wildman–Crippen MR) is 118 cm³/mol. The van der Waals surface area contributed by atoms with Crippen molar-refractivity contribution in [1.82, 2.24) is 14.8 Å². The van der Waals surface area contributed by atoms with Crippen molar-refractivity contribution in [2.45, 2.75) is 39.3 Å². The van der Waals surface area contributed by atoms with Crippen molar-refractivity contribution in [3.8, 4) is 0 Å². The number of carbonyl (C=O) groups excluding carboxylic acids is 1. The van der Waals surface area contributed by atoms with Gasteiger partial charge in [-0.2, -0.15) is 0 Å². The van der Waals surface area contributed by atoms with Crippen LogP contribution in [0.15, 0.2) is 53.3 Å². The van der Waals surface area contributed by atoms with E-state index >= 15 is 0 Å². The highest BCUT2D eigenvalue weighted by Gasteiger charge is 2.19. The fourth-order valence-corrected chi connectivity index (χ4v) is 4.60. The van der Waals surface area contributed by atoms with Gasteiger partial charge in [-0.15, -0.1) is 0 Å². The fraction of sp³-hybridized carbons (Fsp3) is 0.417. The van der Waals surface area contributed by atoms with Gasteiger partial charge in [0, 0.05) is 29.9 Å². The number of para-hydroxylation sites is 2. The van der Waals surface area contributed by atoms with Crippen LogP contribution in [0.3, 0.4) is 0 Å². The number of rotatable bonds is 5. The first-order valence-electron chi connectivity index (χ1n) is 10.5. The zero-order valence-corrected chi connectivity index (χ0v) is 17.2. The molecular formula is C24H29N3O2. The lowest BCUT2D eigenvalue weighted by Crippen LogP contribution is -2.45. The number of nitrogens with zero attached hydrogens (tertiary/aromatic N) is 2. The summed E-state index contributed by atoms with van der Waals surface area (Å²) in [5.41, 5.74) is 1.60. The van der Waals surface area contributed by atoms with Gasteiger partial charge in [0.2, 0.25) is 5.91 Å². The Kier molecular flexibility index (Phi) is 5.67. The van der Waals surface area contributed by atoms with E-state index < -0.39 is 0 Å². The van der Waals surface area contributed by atoms with E-state index in [1.54, 1.807) is 0 Å². The maximum absolute atomic E-state index is 12.9. The summed E-state index contributed by atoms with van der Waals surface area (Å²) in [6.07, 6.45) is 2.53. The molecule has 0 bridgehead atoms. The van der Waals surface area contributed by atoms with Gasteiger partial charge >= 0.3 is 0 Å². The van der Waals surface area contributed by atoms with Gasteiger partial charge in [0.15, 0.2) is 5.43 Å². The second kappa shape index (κ2) is 8.37. The molecule has 29 heavy (non-hydrogen) atoms. The van der Waals surface area contributed by atoms with Gasteiger partial charge in [-0.1, -0.05) is 31.2 Å². The third-order valence-electron chi connectivity index (χ3n) is 5.86. The summed E-state index contributed by atoms with van der Waals surface area (Å²) in [7, 11) is 0.